The number of esters is 1. The van der Waals surface area contributed by atoms with Crippen LogP contribution in [0.15, 0.2) is 24.3 Å². The van der Waals surface area contributed by atoms with Gasteiger partial charge in [0.2, 0.25) is 0 Å². The predicted octanol–water partition coefficient (Wildman–Crippen LogP) is 2.90. The molecule has 0 saturated carbocycles. The van der Waals surface area contributed by atoms with Crippen LogP contribution in [0.3, 0.4) is 0 Å². The number of nitrogens with zero attached hydrogens (tertiary/aromatic N) is 1. The molecule has 17 heavy (non-hydrogen) atoms. The van der Waals surface area contributed by atoms with Crippen LogP contribution in [0.5, 0.6) is 0 Å². The summed E-state index contributed by atoms with van der Waals surface area (Å²) < 4.78 is 4.53. The molecule has 0 aliphatic heterocycles. The summed E-state index contributed by atoms with van der Waals surface area (Å²) in [6, 6.07) is 6.41. The Hall–Kier alpha value is -1.91. The van der Waals surface area contributed by atoms with Gasteiger partial charge in [0, 0.05) is 11.6 Å². The van der Waals surface area contributed by atoms with Crippen molar-refractivity contribution in [2.75, 3.05) is 7.11 Å². The number of nitro benzene ring substituents is 1. The minimum absolute atomic E-state index is 0. The Morgan fingerprint density at radius 3 is 2.59 bits per heavy atom. The number of methoxy groups -OCH3 is 1. The standard InChI is InChI=1S/C11H13NO4.CH4/c1-8(7-11(13)16-2)9-5-3-4-6-10(9)12(14)15;/h3-6,8H,7H2,1-2H3;1H4. The third-order valence-electron chi connectivity index (χ3n) is 2.36. The van der Waals surface area contributed by atoms with Gasteiger partial charge in [0.1, 0.15) is 0 Å². The molecule has 0 saturated heterocycles. The summed E-state index contributed by atoms with van der Waals surface area (Å²) in [5, 5.41) is 10.8. The highest BCUT2D eigenvalue weighted by Crippen LogP contribution is 2.28. The zero-order chi connectivity index (χ0) is 12.1. The largest absolute Gasteiger partial charge is 0.469 e. The topological polar surface area (TPSA) is 69.4 Å². The zero-order valence-corrected chi connectivity index (χ0v) is 9.17. The summed E-state index contributed by atoms with van der Waals surface area (Å²) in [5.41, 5.74) is 0.594. The number of carbonyl (C=O) groups is 1. The molecule has 5 nitrogen and oxygen atoms in total. The highest BCUT2D eigenvalue weighted by atomic mass is 16.6. The van der Waals surface area contributed by atoms with E-state index < -0.39 is 4.92 Å². The SMILES string of the molecule is C.COC(=O)CC(C)c1ccccc1[N+](=O)[O-]. The molecule has 0 amide bonds. The number of hydrogen-bond donors (Lipinski definition) is 0. The van der Waals surface area contributed by atoms with Gasteiger partial charge in [-0.2, -0.15) is 0 Å². The van der Waals surface area contributed by atoms with Crippen molar-refractivity contribution in [2.45, 2.75) is 26.7 Å². The number of nitro groups is 1. The molecule has 0 N–H and O–H groups in total. The first-order valence-electron chi connectivity index (χ1n) is 4.86. The second kappa shape index (κ2) is 6.62. The molecule has 94 valence electrons. The number of carbonyl (C=O) groups excluding carboxylic acids is 1. The van der Waals surface area contributed by atoms with Crippen LogP contribution in [0.25, 0.3) is 0 Å². The van der Waals surface area contributed by atoms with Gasteiger partial charge in [-0.3, -0.25) is 14.9 Å². The maximum absolute atomic E-state index is 11.1. The number of para-hydroxylation sites is 1. The molecule has 1 aromatic carbocycles. The van der Waals surface area contributed by atoms with E-state index in [2.05, 4.69) is 4.74 Å². The van der Waals surface area contributed by atoms with Crippen LogP contribution < -0.4 is 0 Å². The van der Waals surface area contributed by atoms with E-state index in [-0.39, 0.29) is 31.4 Å². The number of hydrogen-bond acceptors (Lipinski definition) is 4. The minimum atomic E-state index is -0.441. The maximum atomic E-state index is 11.1. The van der Waals surface area contributed by atoms with Crippen LogP contribution in [0.4, 0.5) is 5.69 Å². The van der Waals surface area contributed by atoms with Crippen molar-refractivity contribution < 1.29 is 14.5 Å². The molecule has 0 spiro atoms. The van der Waals surface area contributed by atoms with E-state index in [1.54, 1.807) is 25.1 Å². The van der Waals surface area contributed by atoms with Gasteiger partial charge in [0.15, 0.2) is 0 Å². The third kappa shape index (κ3) is 3.86. The van der Waals surface area contributed by atoms with Crippen molar-refractivity contribution in [1.29, 1.82) is 0 Å². The fourth-order valence-corrected chi connectivity index (χ4v) is 1.51. The highest BCUT2D eigenvalue weighted by Gasteiger charge is 2.20. The van der Waals surface area contributed by atoms with Crippen molar-refractivity contribution in [2.24, 2.45) is 0 Å². The van der Waals surface area contributed by atoms with E-state index in [0.29, 0.717) is 5.56 Å². The van der Waals surface area contributed by atoms with Gasteiger partial charge in [0.25, 0.3) is 5.69 Å². The van der Waals surface area contributed by atoms with E-state index in [0.717, 1.165) is 0 Å². The normalized spacial score (nSPS) is 11.2. The molecule has 0 heterocycles. The van der Waals surface area contributed by atoms with Crippen LogP contribution in [-0.4, -0.2) is 18.0 Å². The summed E-state index contributed by atoms with van der Waals surface area (Å²) in [4.78, 5) is 21.4. The van der Waals surface area contributed by atoms with E-state index in [1.807, 2.05) is 0 Å². The quantitative estimate of drug-likeness (QED) is 0.460. The molecule has 0 radical (unpaired) electrons. The zero-order valence-electron chi connectivity index (χ0n) is 9.17. The summed E-state index contributed by atoms with van der Waals surface area (Å²) >= 11 is 0. The molecule has 0 aliphatic carbocycles. The van der Waals surface area contributed by atoms with Gasteiger partial charge in [-0.1, -0.05) is 32.5 Å². The summed E-state index contributed by atoms with van der Waals surface area (Å²) in [5.74, 6) is -0.597. The van der Waals surface area contributed by atoms with Gasteiger partial charge in [-0.05, 0) is 5.92 Å². The van der Waals surface area contributed by atoms with Crippen LogP contribution in [0.2, 0.25) is 0 Å². The number of rotatable bonds is 4. The Bertz CT molecular complexity index is 403. The molecule has 0 aromatic heterocycles. The molecule has 1 unspecified atom stereocenters. The Balaban J connectivity index is 0.00000256. The van der Waals surface area contributed by atoms with Crippen LogP contribution >= 0.6 is 0 Å². The number of ether oxygens (including phenoxy) is 1. The van der Waals surface area contributed by atoms with Crippen molar-refractivity contribution >= 4 is 11.7 Å². The van der Waals surface area contributed by atoms with Crippen molar-refractivity contribution in [3.63, 3.8) is 0 Å². The fraction of sp³-hybridized carbons (Fsp3) is 0.417. The van der Waals surface area contributed by atoms with Crippen molar-refractivity contribution in [3.8, 4) is 0 Å². The lowest BCUT2D eigenvalue weighted by atomic mass is 9.96. The molecule has 5 heteroatoms. The second-order valence-electron chi connectivity index (χ2n) is 3.50. The molecule has 1 atom stereocenters. The molecular weight excluding hydrogens is 222 g/mol. The average Bonchev–Trinajstić information content (AvgIpc) is 2.28. The summed E-state index contributed by atoms with van der Waals surface area (Å²) in [7, 11) is 1.30. The van der Waals surface area contributed by atoms with Gasteiger partial charge in [0.05, 0.1) is 18.5 Å². The van der Waals surface area contributed by atoms with Crippen LogP contribution in [0.1, 0.15) is 32.3 Å². The summed E-state index contributed by atoms with van der Waals surface area (Å²) in [6.45, 7) is 1.76. The first-order chi connectivity index (χ1) is 7.56. The smallest absolute Gasteiger partial charge is 0.306 e. The van der Waals surface area contributed by atoms with E-state index in [1.165, 1.54) is 13.2 Å². The van der Waals surface area contributed by atoms with E-state index >= 15 is 0 Å². The van der Waals surface area contributed by atoms with Crippen LogP contribution in [0, 0.1) is 10.1 Å². The molecule has 1 rings (SSSR count). The monoisotopic (exact) mass is 239 g/mol. The second-order valence-corrected chi connectivity index (χ2v) is 3.50. The third-order valence-corrected chi connectivity index (χ3v) is 2.36. The Morgan fingerprint density at radius 1 is 1.47 bits per heavy atom. The first kappa shape index (κ1) is 15.1. The van der Waals surface area contributed by atoms with E-state index in [4.69, 9.17) is 0 Å². The lowest BCUT2D eigenvalue weighted by Crippen LogP contribution is -2.07. The van der Waals surface area contributed by atoms with Gasteiger partial charge in [-0.15, -0.1) is 0 Å². The van der Waals surface area contributed by atoms with Crippen LogP contribution in [-0.2, 0) is 9.53 Å². The predicted molar refractivity (Wildman–Crippen MR) is 64.9 cm³/mol. The Kier molecular flexibility index (Phi) is 5.88. The lowest BCUT2D eigenvalue weighted by molar-refractivity contribution is -0.385. The molecular formula is C12H17NO4. The highest BCUT2D eigenvalue weighted by molar-refractivity contribution is 5.70. The summed E-state index contributed by atoms with van der Waals surface area (Å²) in [6.07, 6.45) is 0.140. The molecule has 0 fully saturated rings. The molecule has 0 aliphatic rings. The average molecular weight is 239 g/mol. The maximum Gasteiger partial charge on any atom is 0.306 e. The van der Waals surface area contributed by atoms with Gasteiger partial charge < -0.3 is 4.74 Å². The van der Waals surface area contributed by atoms with Crippen molar-refractivity contribution in [3.05, 3.63) is 39.9 Å². The van der Waals surface area contributed by atoms with E-state index in [9.17, 15) is 14.9 Å². The Labute approximate surface area is 101 Å². The van der Waals surface area contributed by atoms with Gasteiger partial charge >= 0.3 is 5.97 Å². The van der Waals surface area contributed by atoms with Crippen molar-refractivity contribution in [1.82, 2.24) is 0 Å². The first-order valence-corrected chi connectivity index (χ1v) is 4.86. The fourth-order valence-electron chi connectivity index (χ4n) is 1.51. The lowest BCUT2D eigenvalue weighted by Gasteiger charge is -2.10. The minimum Gasteiger partial charge on any atom is -0.469 e. The molecule has 0 bridgehead atoms. The van der Waals surface area contributed by atoms with Gasteiger partial charge in [-0.25, -0.2) is 0 Å². The Morgan fingerprint density at radius 2 is 2.06 bits per heavy atom. The molecule has 1 aromatic rings. The number of benzene rings is 1.